The van der Waals surface area contributed by atoms with Crippen LogP contribution in [0.2, 0.25) is 10.0 Å². The molecule has 0 radical (unpaired) electrons. The van der Waals surface area contributed by atoms with E-state index in [0.29, 0.717) is 29.0 Å². The van der Waals surface area contributed by atoms with E-state index in [4.69, 9.17) is 32.7 Å². The summed E-state index contributed by atoms with van der Waals surface area (Å²) in [6, 6.07) is 5.20. The van der Waals surface area contributed by atoms with Gasteiger partial charge in [-0.1, -0.05) is 23.2 Å². The summed E-state index contributed by atoms with van der Waals surface area (Å²) in [6.45, 7) is 5.71. The Morgan fingerprint density at radius 3 is 2.73 bits per heavy atom. The lowest BCUT2D eigenvalue weighted by molar-refractivity contribution is -0.905. The molecule has 1 heterocycles. The largest absolute Gasteiger partial charge is 0.486 e. The van der Waals surface area contributed by atoms with E-state index in [1.807, 2.05) is 6.92 Å². The van der Waals surface area contributed by atoms with Crippen LogP contribution in [0.3, 0.4) is 0 Å². The van der Waals surface area contributed by atoms with Crippen LogP contribution in [0.5, 0.6) is 5.75 Å². The van der Waals surface area contributed by atoms with Gasteiger partial charge in [0.2, 0.25) is 0 Å². The summed E-state index contributed by atoms with van der Waals surface area (Å²) in [7, 11) is 0. The minimum atomic E-state index is -0.0523. The molecule has 0 unspecified atom stereocenters. The normalized spacial score (nSPS) is 21.4. The smallest absolute Gasteiger partial charge is 0.309 e. The Balaban J connectivity index is 1.71. The van der Waals surface area contributed by atoms with Gasteiger partial charge in [-0.05, 0) is 19.1 Å². The van der Waals surface area contributed by atoms with Gasteiger partial charge in [-0.25, -0.2) is 0 Å². The van der Waals surface area contributed by atoms with Crippen LogP contribution in [0, 0.1) is 5.92 Å². The predicted molar refractivity (Wildman–Crippen MR) is 86.9 cm³/mol. The van der Waals surface area contributed by atoms with Crippen molar-refractivity contribution in [2.45, 2.75) is 19.8 Å². The van der Waals surface area contributed by atoms with E-state index in [1.165, 1.54) is 4.90 Å². The first kappa shape index (κ1) is 17.4. The van der Waals surface area contributed by atoms with Crippen LogP contribution in [0.15, 0.2) is 18.2 Å². The summed E-state index contributed by atoms with van der Waals surface area (Å²) in [6.07, 6.45) is 1.76. The van der Waals surface area contributed by atoms with Crippen molar-refractivity contribution in [1.29, 1.82) is 0 Å². The zero-order valence-electron chi connectivity index (χ0n) is 12.7. The van der Waals surface area contributed by atoms with Gasteiger partial charge in [-0.2, -0.15) is 0 Å². The number of quaternary nitrogens is 1. The van der Waals surface area contributed by atoms with Crippen LogP contribution in [-0.2, 0) is 9.53 Å². The molecule has 1 N–H and O–H groups in total. The summed E-state index contributed by atoms with van der Waals surface area (Å²) < 4.78 is 10.8. The molecule has 0 amide bonds. The van der Waals surface area contributed by atoms with Crippen molar-refractivity contribution >= 4 is 29.2 Å². The number of carbonyl (C=O) groups excluding carboxylic acids is 1. The molecule has 0 aliphatic carbocycles. The molecule has 1 aromatic carbocycles. The molecule has 122 valence electrons. The van der Waals surface area contributed by atoms with Crippen molar-refractivity contribution in [2.24, 2.45) is 5.92 Å². The average Bonchev–Trinajstić information content (AvgIpc) is 2.51. The standard InChI is InChI=1S/C16H21Cl2NO3/c1-2-21-16(20)12-5-7-19(8-6-12)9-10-22-15-11-13(17)3-4-14(15)18/h3-4,11-12H,2,5-10H2,1H3/p+1. The quantitative estimate of drug-likeness (QED) is 0.803. The van der Waals surface area contributed by atoms with Gasteiger partial charge in [0, 0.05) is 23.9 Å². The lowest BCUT2D eigenvalue weighted by atomic mass is 9.97. The van der Waals surface area contributed by atoms with Crippen molar-refractivity contribution in [3.8, 4) is 5.75 Å². The number of hydrogen-bond donors (Lipinski definition) is 1. The third-order valence-electron chi connectivity index (χ3n) is 3.92. The van der Waals surface area contributed by atoms with Gasteiger partial charge in [-0.15, -0.1) is 0 Å². The van der Waals surface area contributed by atoms with E-state index in [0.717, 1.165) is 32.5 Å². The number of rotatable bonds is 6. The first-order valence-corrected chi connectivity index (χ1v) is 8.43. The molecular weight excluding hydrogens is 325 g/mol. The second kappa shape index (κ2) is 8.61. The van der Waals surface area contributed by atoms with E-state index in [2.05, 4.69) is 0 Å². The third kappa shape index (κ3) is 5.04. The molecule has 1 aromatic rings. The Hall–Kier alpha value is -0.970. The van der Waals surface area contributed by atoms with Crippen LogP contribution in [0.25, 0.3) is 0 Å². The van der Waals surface area contributed by atoms with Crippen LogP contribution < -0.4 is 9.64 Å². The maximum Gasteiger partial charge on any atom is 0.309 e. The number of hydrogen-bond acceptors (Lipinski definition) is 3. The molecule has 1 saturated heterocycles. The number of benzene rings is 1. The Morgan fingerprint density at radius 1 is 1.32 bits per heavy atom. The van der Waals surface area contributed by atoms with Crippen LogP contribution in [-0.4, -0.2) is 38.8 Å². The number of likely N-dealkylation sites (tertiary alicyclic amines) is 1. The van der Waals surface area contributed by atoms with E-state index >= 15 is 0 Å². The monoisotopic (exact) mass is 346 g/mol. The van der Waals surface area contributed by atoms with Crippen LogP contribution >= 0.6 is 23.2 Å². The van der Waals surface area contributed by atoms with Gasteiger partial charge in [0.25, 0.3) is 0 Å². The van der Waals surface area contributed by atoms with Crippen molar-refractivity contribution in [2.75, 3.05) is 32.8 Å². The van der Waals surface area contributed by atoms with Gasteiger partial charge in [0.15, 0.2) is 0 Å². The Morgan fingerprint density at radius 2 is 2.05 bits per heavy atom. The fraction of sp³-hybridized carbons (Fsp3) is 0.562. The van der Waals surface area contributed by atoms with Gasteiger partial charge < -0.3 is 14.4 Å². The van der Waals surface area contributed by atoms with Crippen molar-refractivity contribution in [1.82, 2.24) is 0 Å². The van der Waals surface area contributed by atoms with Gasteiger partial charge in [-0.3, -0.25) is 4.79 Å². The SMILES string of the molecule is CCOC(=O)C1CC[NH+](CCOc2cc(Cl)ccc2Cl)CC1. The molecule has 2 rings (SSSR count). The fourth-order valence-electron chi connectivity index (χ4n) is 2.66. The molecule has 0 spiro atoms. The maximum absolute atomic E-state index is 11.7. The lowest BCUT2D eigenvalue weighted by Crippen LogP contribution is -3.13. The minimum absolute atomic E-state index is 0.0523. The van der Waals surface area contributed by atoms with Gasteiger partial charge >= 0.3 is 5.97 Å². The molecular formula is C16H22Cl2NO3+. The molecule has 0 saturated carbocycles. The van der Waals surface area contributed by atoms with Crippen LogP contribution in [0.4, 0.5) is 0 Å². The summed E-state index contributed by atoms with van der Waals surface area (Å²) in [4.78, 5) is 13.1. The lowest BCUT2D eigenvalue weighted by Gasteiger charge is -2.28. The zero-order chi connectivity index (χ0) is 15.9. The number of esters is 1. The Kier molecular flexibility index (Phi) is 6.80. The van der Waals surface area contributed by atoms with E-state index in [9.17, 15) is 4.79 Å². The van der Waals surface area contributed by atoms with Crippen LogP contribution in [0.1, 0.15) is 19.8 Å². The number of nitrogens with one attached hydrogen (secondary N) is 1. The van der Waals surface area contributed by atoms with Crippen molar-refractivity contribution < 1.29 is 19.2 Å². The molecule has 1 aliphatic rings. The van der Waals surface area contributed by atoms with Gasteiger partial charge in [0.1, 0.15) is 18.9 Å². The number of ether oxygens (including phenoxy) is 2. The second-order valence-corrected chi connectivity index (χ2v) is 6.29. The van der Waals surface area contributed by atoms with E-state index in [-0.39, 0.29) is 11.9 Å². The minimum Gasteiger partial charge on any atom is -0.486 e. The Labute approximate surface area is 141 Å². The first-order valence-electron chi connectivity index (χ1n) is 7.68. The summed E-state index contributed by atoms with van der Waals surface area (Å²) in [5, 5.41) is 1.18. The van der Waals surface area contributed by atoms with Crippen molar-refractivity contribution in [3.63, 3.8) is 0 Å². The molecule has 0 bridgehead atoms. The highest BCUT2D eigenvalue weighted by atomic mass is 35.5. The zero-order valence-corrected chi connectivity index (χ0v) is 14.3. The molecule has 6 heteroatoms. The molecule has 0 atom stereocenters. The fourth-order valence-corrected chi connectivity index (χ4v) is 3.00. The number of carbonyl (C=O) groups is 1. The van der Waals surface area contributed by atoms with Gasteiger partial charge in [0.05, 0.1) is 30.6 Å². The average molecular weight is 347 g/mol. The Bertz CT molecular complexity index is 502. The molecule has 1 fully saturated rings. The molecule has 4 nitrogen and oxygen atoms in total. The number of halogens is 2. The highest BCUT2D eigenvalue weighted by Crippen LogP contribution is 2.27. The number of piperidine rings is 1. The summed E-state index contributed by atoms with van der Waals surface area (Å²) in [5.41, 5.74) is 0. The summed E-state index contributed by atoms with van der Waals surface area (Å²) >= 11 is 12.0. The third-order valence-corrected chi connectivity index (χ3v) is 4.47. The first-order chi connectivity index (χ1) is 10.6. The highest BCUT2D eigenvalue weighted by molar-refractivity contribution is 6.34. The highest BCUT2D eigenvalue weighted by Gasteiger charge is 2.28. The molecule has 22 heavy (non-hydrogen) atoms. The summed E-state index contributed by atoms with van der Waals surface area (Å²) in [5.74, 6) is 0.630. The second-order valence-electron chi connectivity index (χ2n) is 5.45. The predicted octanol–water partition coefficient (Wildman–Crippen LogP) is 2.23. The van der Waals surface area contributed by atoms with E-state index in [1.54, 1.807) is 18.2 Å². The van der Waals surface area contributed by atoms with Crippen molar-refractivity contribution in [3.05, 3.63) is 28.2 Å². The molecule has 1 aliphatic heterocycles. The van der Waals surface area contributed by atoms with E-state index < -0.39 is 0 Å². The maximum atomic E-state index is 11.7. The molecule has 0 aromatic heterocycles. The topological polar surface area (TPSA) is 40.0 Å².